The number of nitrogens with zero attached hydrogens (tertiary/aromatic N) is 2. The van der Waals surface area contributed by atoms with Crippen LogP contribution in [0.1, 0.15) is 21.5 Å². The van der Waals surface area contributed by atoms with Crippen molar-refractivity contribution in [2.45, 2.75) is 0 Å². The molecular formula is C24H18BrN3O5. The molecule has 3 aromatic carbocycles. The number of ether oxygens (including phenoxy) is 3. The van der Waals surface area contributed by atoms with Gasteiger partial charge in [-0.15, -0.1) is 0 Å². The van der Waals surface area contributed by atoms with E-state index in [1.54, 1.807) is 66.7 Å². The predicted molar refractivity (Wildman–Crippen MR) is 124 cm³/mol. The molecule has 0 aromatic heterocycles. The second kappa shape index (κ2) is 11.5. The Labute approximate surface area is 198 Å². The maximum absolute atomic E-state index is 12.3. The summed E-state index contributed by atoms with van der Waals surface area (Å²) in [4.78, 5) is 24.3. The van der Waals surface area contributed by atoms with E-state index in [0.29, 0.717) is 28.2 Å². The summed E-state index contributed by atoms with van der Waals surface area (Å²) < 4.78 is 16.9. The van der Waals surface area contributed by atoms with Gasteiger partial charge in [-0.05, 0) is 60.2 Å². The third kappa shape index (κ3) is 6.66. The lowest BCUT2D eigenvalue weighted by Crippen LogP contribution is -2.24. The number of carbonyl (C=O) groups is 2. The van der Waals surface area contributed by atoms with Gasteiger partial charge in [0.25, 0.3) is 5.91 Å². The standard InChI is InChI=1S/C24H18BrN3O5/c1-31-22-12-16(6-11-21(22)33-24(30)17-7-9-19(25)10-8-17)14-27-28-23(29)15-32-20-5-3-2-4-18(20)13-26/h2-12,14H,15H2,1H3,(H,28,29)/b27-14-. The second-order valence-corrected chi connectivity index (χ2v) is 7.41. The van der Waals surface area contributed by atoms with Crippen LogP contribution in [0.3, 0.4) is 0 Å². The van der Waals surface area contributed by atoms with Crippen LogP contribution >= 0.6 is 15.9 Å². The van der Waals surface area contributed by atoms with Crippen LogP contribution in [0.5, 0.6) is 17.2 Å². The molecule has 0 fully saturated rings. The van der Waals surface area contributed by atoms with Gasteiger partial charge < -0.3 is 14.2 Å². The van der Waals surface area contributed by atoms with Gasteiger partial charge in [0.05, 0.1) is 24.5 Å². The number of benzene rings is 3. The second-order valence-electron chi connectivity index (χ2n) is 6.50. The summed E-state index contributed by atoms with van der Waals surface area (Å²) >= 11 is 3.32. The average Bonchev–Trinajstić information content (AvgIpc) is 2.84. The van der Waals surface area contributed by atoms with E-state index in [-0.39, 0.29) is 12.4 Å². The lowest BCUT2D eigenvalue weighted by Gasteiger charge is -2.10. The zero-order valence-electron chi connectivity index (χ0n) is 17.4. The van der Waals surface area contributed by atoms with Crippen molar-refractivity contribution in [2.24, 2.45) is 5.10 Å². The Kier molecular flexibility index (Phi) is 8.16. The van der Waals surface area contributed by atoms with Crippen LogP contribution in [0.15, 0.2) is 76.3 Å². The van der Waals surface area contributed by atoms with E-state index in [0.717, 1.165) is 4.47 Å². The topological polar surface area (TPSA) is 110 Å². The Bertz CT molecular complexity index is 1220. The predicted octanol–water partition coefficient (Wildman–Crippen LogP) is 4.08. The molecule has 0 bridgehead atoms. The highest BCUT2D eigenvalue weighted by molar-refractivity contribution is 9.10. The number of halogens is 1. The number of para-hydroxylation sites is 1. The first kappa shape index (κ1) is 23.5. The number of nitrogens with one attached hydrogen (secondary N) is 1. The highest BCUT2D eigenvalue weighted by Gasteiger charge is 2.13. The molecule has 0 aliphatic rings. The van der Waals surface area contributed by atoms with Crippen molar-refractivity contribution < 1.29 is 23.8 Å². The normalized spacial score (nSPS) is 10.3. The minimum Gasteiger partial charge on any atom is -0.493 e. The first-order valence-electron chi connectivity index (χ1n) is 9.60. The molecule has 0 unspecified atom stereocenters. The van der Waals surface area contributed by atoms with Crippen LogP contribution in [-0.2, 0) is 4.79 Å². The fourth-order valence-electron chi connectivity index (χ4n) is 2.63. The van der Waals surface area contributed by atoms with Gasteiger partial charge in [-0.1, -0.05) is 28.1 Å². The first-order valence-corrected chi connectivity index (χ1v) is 10.4. The number of hydrogen-bond acceptors (Lipinski definition) is 7. The number of rotatable bonds is 8. The first-order chi connectivity index (χ1) is 16.0. The van der Waals surface area contributed by atoms with E-state index in [9.17, 15) is 9.59 Å². The van der Waals surface area contributed by atoms with Crippen LogP contribution in [0.2, 0.25) is 0 Å². The molecule has 9 heteroatoms. The third-order valence-corrected chi connectivity index (χ3v) is 4.77. The van der Waals surface area contributed by atoms with Gasteiger partial charge in [0.2, 0.25) is 0 Å². The van der Waals surface area contributed by atoms with E-state index in [4.69, 9.17) is 19.5 Å². The molecule has 1 amide bonds. The van der Waals surface area contributed by atoms with Crippen LogP contribution in [0, 0.1) is 11.3 Å². The summed E-state index contributed by atoms with van der Waals surface area (Å²) in [7, 11) is 1.45. The van der Waals surface area contributed by atoms with Crippen molar-refractivity contribution in [3.8, 4) is 23.3 Å². The molecule has 0 aliphatic heterocycles. The zero-order chi connectivity index (χ0) is 23.6. The SMILES string of the molecule is COc1cc(/C=N\NC(=O)COc2ccccc2C#N)ccc1OC(=O)c1ccc(Br)cc1. The highest BCUT2D eigenvalue weighted by atomic mass is 79.9. The molecule has 3 aromatic rings. The minimum absolute atomic E-state index is 0.246. The van der Waals surface area contributed by atoms with Crippen molar-refractivity contribution in [3.63, 3.8) is 0 Å². The van der Waals surface area contributed by atoms with E-state index in [1.165, 1.54) is 13.3 Å². The summed E-state index contributed by atoms with van der Waals surface area (Å²) in [6.45, 7) is -0.301. The summed E-state index contributed by atoms with van der Waals surface area (Å²) in [5.74, 6) is -0.126. The molecule has 0 radical (unpaired) electrons. The van der Waals surface area contributed by atoms with Crippen LogP contribution < -0.4 is 19.6 Å². The molecule has 0 aliphatic carbocycles. The summed E-state index contributed by atoms with van der Waals surface area (Å²) in [5.41, 5.74) is 3.68. The number of esters is 1. The smallest absolute Gasteiger partial charge is 0.343 e. The number of nitriles is 1. The molecule has 33 heavy (non-hydrogen) atoms. The monoisotopic (exact) mass is 507 g/mol. The summed E-state index contributed by atoms with van der Waals surface area (Å²) in [6.07, 6.45) is 1.41. The molecule has 3 rings (SSSR count). The number of hydrogen-bond donors (Lipinski definition) is 1. The molecule has 0 saturated heterocycles. The van der Waals surface area contributed by atoms with Crippen molar-refractivity contribution in [1.82, 2.24) is 5.43 Å². The van der Waals surface area contributed by atoms with E-state index in [2.05, 4.69) is 26.5 Å². The van der Waals surface area contributed by atoms with Gasteiger partial charge in [-0.3, -0.25) is 4.79 Å². The van der Waals surface area contributed by atoms with Gasteiger partial charge >= 0.3 is 5.97 Å². The number of carbonyl (C=O) groups excluding carboxylic acids is 2. The molecule has 0 saturated carbocycles. The maximum Gasteiger partial charge on any atom is 0.343 e. The van der Waals surface area contributed by atoms with Crippen molar-refractivity contribution in [2.75, 3.05) is 13.7 Å². The Morgan fingerprint density at radius 1 is 1.06 bits per heavy atom. The lowest BCUT2D eigenvalue weighted by atomic mass is 10.2. The molecule has 1 N–H and O–H groups in total. The van der Waals surface area contributed by atoms with Gasteiger partial charge in [-0.25, -0.2) is 10.2 Å². The molecule has 166 valence electrons. The quantitative estimate of drug-likeness (QED) is 0.213. The molecule has 0 spiro atoms. The Hall–Kier alpha value is -4.16. The third-order valence-electron chi connectivity index (χ3n) is 4.24. The molecule has 0 atom stereocenters. The molecular weight excluding hydrogens is 490 g/mol. The van der Waals surface area contributed by atoms with E-state index < -0.39 is 11.9 Å². The van der Waals surface area contributed by atoms with Crippen LogP contribution in [0.25, 0.3) is 0 Å². The average molecular weight is 508 g/mol. The molecule has 8 nitrogen and oxygen atoms in total. The minimum atomic E-state index is -0.521. The fourth-order valence-corrected chi connectivity index (χ4v) is 2.90. The molecule has 0 heterocycles. The zero-order valence-corrected chi connectivity index (χ0v) is 19.0. The fraction of sp³-hybridized carbons (Fsp3) is 0.0833. The Morgan fingerprint density at radius 3 is 2.55 bits per heavy atom. The number of methoxy groups -OCH3 is 1. The van der Waals surface area contributed by atoms with Crippen molar-refractivity contribution in [3.05, 3.63) is 87.9 Å². The largest absolute Gasteiger partial charge is 0.493 e. The number of hydrazone groups is 1. The Balaban J connectivity index is 1.57. The maximum atomic E-state index is 12.3. The van der Waals surface area contributed by atoms with E-state index >= 15 is 0 Å². The van der Waals surface area contributed by atoms with Crippen LogP contribution in [0.4, 0.5) is 0 Å². The van der Waals surface area contributed by atoms with Gasteiger partial charge in [0.1, 0.15) is 11.8 Å². The number of amides is 1. The van der Waals surface area contributed by atoms with Crippen molar-refractivity contribution in [1.29, 1.82) is 5.26 Å². The van der Waals surface area contributed by atoms with Crippen molar-refractivity contribution >= 4 is 34.0 Å². The van der Waals surface area contributed by atoms with Gasteiger partial charge in [0.15, 0.2) is 18.1 Å². The Morgan fingerprint density at radius 2 is 1.82 bits per heavy atom. The summed E-state index contributed by atoms with van der Waals surface area (Å²) in [5, 5.41) is 12.9. The van der Waals surface area contributed by atoms with Gasteiger partial charge in [0, 0.05) is 4.47 Å². The lowest BCUT2D eigenvalue weighted by molar-refractivity contribution is -0.123. The van der Waals surface area contributed by atoms with Crippen LogP contribution in [-0.4, -0.2) is 31.8 Å². The summed E-state index contributed by atoms with van der Waals surface area (Å²) in [6, 6.07) is 20.2. The van der Waals surface area contributed by atoms with Gasteiger partial charge in [-0.2, -0.15) is 10.4 Å². The highest BCUT2D eigenvalue weighted by Crippen LogP contribution is 2.28. The van der Waals surface area contributed by atoms with E-state index in [1.807, 2.05) is 6.07 Å².